The summed E-state index contributed by atoms with van der Waals surface area (Å²) >= 11 is 0. The van der Waals surface area contributed by atoms with Gasteiger partial charge in [-0.3, -0.25) is 9.59 Å². The molecule has 0 radical (unpaired) electrons. The average Bonchev–Trinajstić information content (AvgIpc) is 2.58. The summed E-state index contributed by atoms with van der Waals surface area (Å²) in [5.41, 5.74) is 0.915. The Morgan fingerprint density at radius 1 is 0.913 bits per heavy atom. The highest BCUT2D eigenvalue weighted by Gasteiger charge is 2.03. The molecule has 0 atom stereocenters. The molecular weight excluding hydrogens is 295 g/mol. The number of carbonyl (C=O) groups is 2. The molecule has 0 unspecified atom stereocenters. The monoisotopic (exact) mass is 312 g/mol. The second-order valence-electron chi connectivity index (χ2n) is 4.77. The topological polar surface area (TPSA) is 58.2 Å². The maximum Gasteiger partial charge on any atom is 0.251 e. The highest BCUT2D eigenvalue weighted by Crippen LogP contribution is 2.07. The van der Waals surface area contributed by atoms with E-state index in [1.165, 1.54) is 18.2 Å². The molecule has 0 aromatic heterocycles. The van der Waals surface area contributed by atoms with Crippen LogP contribution in [0.3, 0.4) is 0 Å². The van der Waals surface area contributed by atoms with Gasteiger partial charge in [-0.25, -0.2) is 4.39 Å². The molecule has 0 aliphatic carbocycles. The van der Waals surface area contributed by atoms with Crippen LogP contribution in [0.2, 0.25) is 0 Å². The van der Waals surface area contributed by atoms with E-state index in [0.29, 0.717) is 24.2 Å². The lowest BCUT2D eigenvalue weighted by Gasteiger charge is -2.05. The quantitative estimate of drug-likeness (QED) is 0.635. The largest absolute Gasteiger partial charge is 0.351 e. The van der Waals surface area contributed by atoms with Crippen LogP contribution in [-0.2, 0) is 4.79 Å². The molecule has 23 heavy (non-hydrogen) atoms. The van der Waals surface area contributed by atoms with E-state index >= 15 is 0 Å². The Bertz CT molecular complexity index is 699. The summed E-state index contributed by atoms with van der Waals surface area (Å²) in [5.74, 6) is -0.921. The molecule has 0 saturated heterocycles. The molecule has 2 aromatic carbocycles. The van der Waals surface area contributed by atoms with Crippen LogP contribution in [0.5, 0.6) is 0 Å². The Kier molecular flexibility index (Phi) is 6.06. The summed E-state index contributed by atoms with van der Waals surface area (Å²) < 4.78 is 13.4. The van der Waals surface area contributed by atoms with Gasteiger partial charge >= 0.3 is 0 Å². The van der Waals surface area contributed by atoms with Crippen molar-refractivity contribution in [1.29, 1.82) is 0 Å². The summed E-state index contributed by atoms with van der Waals surface area (Å²) in [5, 5.41) is 5.32. The number of hydrogen-bond donors (Lipinski definition) is 2. The summed E-state index contributed by atoms with van der Waals surface area (Å²) in [6.45, 7) is 0.603. The number of hydrogen-bond acceptors (Lipinski definition) is 2. The average molecular weight is 312 g/mol. The van der Waals surface area contributed by atoms with Crippen LogP contribution in [0, 0.1) is 5.82 Å². The van der Waals surface area contributed by atoms with E-state index < -0.39 is 0 Å². The molecule has 0 heterocycles. The number of halogens is 1. The molecule has 5 heteroatoms. The first-order valence-electron chi connectivity index (χ1n) is 7.20. The van der Waals surface area contributed by atoms with E-state index in [0.717, 1.165) is 0 Å². The van der Waals surface area contributed by atoms with Crippen LogP contribution in [0.15, 0.2) is 60.7 Å². The zero-order chi connectivity index (χ0) is 16.5. The van der Waals surface area contributed by atoms with Crippen LogP contribution >= 0.6 is 0 Å². The summed E-state index contributed by atoms with van der Waals surface area (Å²) in [6, 6.07) is 15.0. The highest BCUT2D eigenvalue weighted by molar-refractivity contribution is 5.94. The summed E-state index contributed by atoms with van der Waals surface area (Å²) in [4.78, 5) is 23.4. The zero-order valence-electron chi connectivity index (χ0n) is 12.5. The van der Waals surface area contributed by atoms with Crippen molar-refractivity contribution in [2.24, 2.45) is 0 Å². The number of carbonyl (C=O) groups excluding carboxylic acids is 2. The van der Waals surface area contributed by atoms with Crippen molar-refractivity contribution in [2.45, 2.75) is 0 Å². The van der Waals surface area contributed by atoms with E-state index in [-0.39, 0.29) is 17.6 Å². The van der Waals surface area contributed by atoms with E-state index in [4.69, 9.17) is 0 Å². The molecule has 0 saturated carbocycles. The van der Waals surface area contributed by atoms with Gasteiger partial charge in [-0.2, -0.15) is 0 Å². The molecule has 2 aromatic rings. The van der Waals surface area contributed by atoms with Gasteiger partial charge in [0.25, 0.3) is 5.91 Å². The van der Waals surface area contributed by atoms with E-state index in [2.05, 4.69) is 10.6 Å². The second kappa shape index (κ2) is 8.48. The minimum absolute atomic E-state index is 0.193. The molecule has 0 aliphatic heterocycles. The molecular formula is C18H17FN2O2. The number of rotatable bonds is 6. The predicted octanol–water partition coefficient (Wildman–Crippen LogP) is 2.39. The van der Waals surface area contributed by atoms with Gasteiger partial charge in [0.1, 0.15) is 5.82 Å². The molecule has 118 valence electrons. The predicted molar refractivity (Wildman–Crippen MR) is 87.2 cm³/mol. The standard InChI is InChI=1S/C18H17FN2O2/c19-16-9-5-4-6-14(16)10-11-17(22)20-12-13-21-18(23)15-7-2-1-3-8-15/h1-11H,12-13H2,(H,20,22)(H,21,23)/b11-10+. The Labute approximate surface area is 134 Å². The first-order chi connectivity index (χ1) is 11.2. The van der Waals surface area contributed by atoms with Gasteiger partial charge in [0.2, 0.25) is 5.91 Å². The molecule has 0 bridgehead atoms. The highest BCUT2D eigenvalue weighted by atomic mass is 19.1. The SMILES string of the molecule is O=C(/C=C/c1ccccc1F)NCCNC(=O)c1ccccc1. The fourth-order valence-electron chi connectivity index (χ4n) is 1.89. The van der Waals surface area contributed by atoms with Crippen LogP contribution in [0.4, 0.5) is 4.39 Å². The van der Waals surface area contributed by atoms with E-state index in [1.807, 2.05) is 6.07 Å². The van der Waals surface area contributed by atoms with Crippen molar-refractivity contribution >= 4 is 17.9 Å². The first-order valence-corrected chi connectivity index (χ1v) is 7.20. The lowest BCUT2D eigenvalue weighted by molar-refractivity contribution is -0.116. The van der Waals surface area contributed by atoms with Gasteiger partial charge in [-0.05, 0) is 24.3 Å². The van der Waals surface area contributed by atoms with Crippen molar-refractivity contribution in [3.05, 3.63) is 77.6 Å². The maximum atomic E-state index is 13.4. The number of nitrogens with one attached hydrogen (secondary N) is 2. The molecule has 4 nitrogen and oxygen atoms in total. The molecule has 0 spiro atoms. The van der Waals surface area contributed by atoms with Gasteiger partial charge in [-0.15, -0.1) is 0 Å². The Balaban J connectivity index is 1.71. The lowest BCUT2D eigenvalue weighted by atomic mass is 10.2. The Hall–Kier alpha value is -2.95. The van der Waals surface area contributed by atoms with E-state index in [1.54, 1.807) is 42.5 Å². The molecule has 2 amide bonds. The first kappa shape index (κ1) is 16.4. The molecule has 0 aliphatic rings. The molecule has 2 rings (SSSR count). The van der Waals surface area contributed by atoms with Crippen molar-refractivity contribution < 1.29 is 14.0 Å². The van der Waals surface area contributed by atoms with Gasteiger partial charge in [-0.1, -0.05) is 36.4 Å². The van der Waals surface area contributed by atoms with Gasteiger partial charge in [0.05, 0.1) is 0 Å². The summed E-state index contributed by atoms with van der Waals surface area (Å²) in [6.07, 6.45) is 2.67. The minimum Gasteiger partial charge on any atom is -0.351 e. The normalized spacial score (nSPS) is 10.5. The van der Waals surface area contributed by atoms with Crippen LogP contribution in [0.25, 0.3) is 6.08 Å². The fourth-order valence-corrected chi connectivity index (χ4v) is 1.89. The van der Waals surface area contributed by atoms with Crippen molar-refractivity contribution in [3.8, 4) is 0 Å². The smallest absolute Gasteiger partial charge is 0.251 e. The second-order valence-corrected chi connectivity index (χ2v) is 4.77. The Morgan fingerprint density at radius 3 is 2.30 bits per heavy atom. The zero-order valence-corrected chi connectivity index (χ0v) is 12.5. The molecule has 2 N–H and O–H groups in total. The molecule has 0 fully saturated rings. The third-order valence-electron chi connectivity index (χ3n) is 3.07. The van der Waals surface area contributed by atoms with Crippen LogP contribution in [0.1, 0.15) is 15.9 Å². The third kappa shape index (κ3) is 5.39. The van der Waals surface area contributed by atoms with Crippen LogP contribution < -0.4 is 10.6 Å². The number of benzene rings is 2. The van der Waals surface area contributed by atoms with Gasteiger partial charge in [0, 0.05) is 30.3 Å². The Morgan fingerprint density at radius 2 is 1.57 bits per heavy atom. The van der Waals surface area contributed by atoms with Gasteiger partial charge in [0.15, 0.2) is 0 Å². The van der Waals surface area contributed by atoms with E-state index in [9.17, 15) is 14.0 Å². The van der Waals surface area contributed by atoms with Crippen molar-refractivity contribution in [1.82, 2.24) is 10.6 Å². The maximum absolute atomic E-state index is 13.4. The van der Waals surface area contributed by atoms with Gasteiger partial charge < -0.3 is 10.6 Å². The van der Waals surface area contributed by atoms with Crippen LogP contribution in [-0.4, -0.2) is 24.9 Å². The minimum atomic E-state index is -0.383. The van der Waals surface area contributed by atoms with Crippen molar-refractivity contribution in [3.63, 3.8) is 0 Å². The number of amides is 2. The third-order valence-corrected chi connectivity index (χ3v) is 3.07. The van der Waals surface area contributed by atoms with Crippen molar-refractivity contribution in [2.75, 3.05) is 13.1 Å². The summed E-state index contributed by atoms with van der Waals surface area (Å²) in [7, 11) is 0. The lowest BCUT2D eigenvalue weighted by Crippen LogP contribution is -2.33. The fraction of sp³-hybridized carbons (Fsp3) is 0.111.